The summed E-state index contributed by atoms with van der Waals surface area (Å²) in [6.45, 7) is 0.748. The minimum atomic E-state index is -0.777. The second-order valence-corrected chi connectivity index (χ2v) is 7.11. The molecule has 8 nitrogen and oxygen atoms in total. The van der Waals surface area contributed by atoms with Crippen molar-refractivity contribution in [3.63, 3.8) is 0 Å². The first-order chi connectivity index (χ1) is 15.1. The topological polar surface area (TPSA) is 102 Å². The van der Waals surface area contributed by atoms with Crippen molar-refractivity contribution in [1.29, 1.82) is 0 Å². The van der Waals surface area contributed by atoms with Crippen molar-refractivity contribution in [3.8, 4) is 5.75 Å². The maximum Gasteiger partial charge on any atom is 0.290 e. The molecule has 0 unspecified atom stereocenters. The number of para-hydroxylation sites is 1. The van der Waals surface area contributed by atoms with Crippen LogP contribution in [0.4, 0.5) is 0 Å². The van der Waals surface area contributed by atoms with Crippen molar-refractivity contribution < 1.29 is 28.6 Å². The molecule has 0 spiro atoms. The average molecular weight is 422 g/mol. The molecule has 0 radical (unpaired) electrons. The van der Waals surface area contributed by atoms with Crippen LogP contribution in [0.5, 0.6) is 5.75 Å². The Balaban J connectivity index is 1.77. The van der Waals surface area contributed by atoms with E-state index >= 15 is 0 Å². The second-order valence-electron chi connectivity index (χ2n) is 7.11. The van der Waals surface area contributed by atoms with Crippen LogP contribution in [0.1, 0.15) is 28.6 Å². The summed E-state index contributed by atoms with van der Waals surface area (Å²) in [6, 6.07) is 9.60. The molecule has 160 valence electrons. The minimum Gasteiger partial charge on any atom is -0.503 e. The summed E-state index contributed by atoms with van der Waals surface area (Å²) in [4.78, 5) is 31.9. The molecule has 1 aliphatic heterocycles. The van der Waals surface area contributed by atoms with E-state index in [9.17, 15) is 14.7 Å². The molecule has 0 bridgehead atoms. The molecule has 3 heterocycles. The van der Waals surface area contributed by atoms with E-state index in [4.69, 9.17) is 13.9 Å². The van der Waals surface area contributed by atoms with Crippen molar-refractivity contribution in [1.82, 2.24) is 9.88 Å². The van der Waals surface area contributed by atoms with Gasteiger partial charge in [0.15, 0.2) is 22.9 Å². The molecule has 1 aliphatic rings. The van der Waals surface area contributed by atoms with Gasteiger partial charge in [-0.15, -0.1) is 0 Å². The van der Waals surface area contributed by atoms with Crippen LogP contribution >= 0.6 is 0 Å². The van der Waals surface area contributed by atoms with Gasteiger partial charge in [-0.25, -0.2) is 0 Å². The number of ether oxygens (including phenoxy) is 2. The fourth-order valence-corrected chi connectivity index (χ4v) is 3.82. The number of benzene rings is 1. The van der Waals surface area contributed by atoms with Crippen molar-refractivity contribution >= 4 is 22.7 Å². The number of hydrogen-bond donors (Lipinski definition) is 1. The molecule has 0 saturated heterocycles. The normalized spacial score (nSPS) is 16.4. The van der Waals surface area contributed by atoms with Gasteiger partial charge in [0.25, 0.3) is 5.91 Å². The number of amides is 1. The number of carbonyl (C=O) groups is 2. The van der Waals surface area contributed by atoms with Crippen molar-refractivity contribution in [2.24, 2.45) is 0 Å². The summed E-state index contributed by atoms with van der Waals surface area (Å²) in [5.41, 5.74) is 1.01. The molecule has 1 aromatic carbocycles. The van der Waals surface area contributed by atoms with E-state index in [2.05, 4.69) is 4.98 Å². The Morgan fingerprint density at radius 3 is 2.81 bits per heavy atom. The van der Waals surface area contributed by atoms with Gasteiger partial charge in [-0.3, -0.25) is 14.6 Å². The van der Waals surface area contributed by atoms with Gasteiger partial charge in [0.1, 0.15) is 0 Å². The number of furan rings is 1. The highest BCUT2D eigenvalue weighted by Crippen LogP contribution is 2.40. The maximum absolute atomic E-state index is 13.5. The van der Waals surface area contributed by atoms with E-state index in [1.54, 1.807) is 55.9 Å². The fraction of sp³-hybridized carbons (Fsp3) is 0.261. The first-order valence-electron chi connectivity index (χ1n) is 9.81. The molecule has 1 atom stereocenters. The number of fused-ring (bicyclic) bond motifs is 1. The molecule has 31 heavy (non-hydrogen) atoms. The lowest BCUT2D eigenvalue weighted by Gasteiger charge is -2.26. The summed E-state index contributed by atoms with van der Waals surface area (Å²) >= 11 is 0. The lowest BCUT2D eigenvalue weighted by atomic mass is 9.96. The molecule has 0 aliphatic carbocycles. The number of aliphatic hydroxyl groups is 1. The molecule has 8 heteroatoms. The van der Waals surface area contributed by atoms with Gasteiger partial charge in [0.05, 0.1) is 18.7 Å². The number of nitrogens with zero attached hydrogens (tertiary/aromatic N) is 2. The highest BCUT2D eigenvalue weighted by atomic mass is 16.5. The van der Waals surface area contributed by atoms with E-state index in [1.807, 2.05) is 0 Å². The molecule has 4 rings (SSSR count). The predicted molar refractivity (Wildman–Crippen MR) is 112 cm³/mol. The third-order valence-corrected chi connectivity index (χ3v) is 5.25. The number of aromatic nitrogens is 1. The zero-order chi connectivity index (χ0) is 22.0. The van der Waals surface area contributed by atoms with E-state index in [0.717, 1.165) is 0 Å². The molecule has 0 saturated carbocycles. The highest BCUT2D eigenvalue weighted by molar-refractivity contribution is 6.16. The third-order valence-electron chi connectivity index (χ3n) is 5.25. The number of rotatable bonds is 8. The zero-order valence-corrected chi connectivity index (χ0v) is 17.2. The Morgan fingerprint density at radius 2 is 2.10 bits per heavy atom. The number of Topliss-reactive ketones (excluding diaryl/α,β-unsaturated/α-hetero) is 1. The molecule has 1 N–H and O–H groups in total. The Labute approximate surface area is 178 Å². The number of ketones is 1. The first-order valence-corrected chi connectivity index (χ1v) is 9.81. The van der Waals surface area contributed by atoms with E-state index in [-0.39, 0.29) is 11.3 Å². The number of pyridine rings is 1. The first kappa shape index (κ1) is 20.6. The van der Waals surface area contributed by atoms with E-state index < -0.39 is 23.5 Å². The van der Waals surface area contributed by atoms with Gasteiger partial charge in [-0.05, 0) is 30.2 Å². The lowest BCUT2D eigenvalue weighted by molar-refractivity contribution is -0.129. The average Bonchev–Trinajstić information content (AvgIpc) is 3.34. The standard InChI is InChI=1S/C23H22N2O6/c1-29-11-5-10-25-19(15-7-4-9-24-13-15)18(21(27)23(25)28)20(26)17-12-14-6-3-8-16(30-2)22(14)31-17/h3-4,6-9,12-13,19,27H,5,10-11H2,1-2H3/t19-/m0/s1. The molecule has 2 aromatic heterocycles. The van der Waals surface area contributed by atoms with Crippen molar-refractivity contribution in [2.75, 3.05) is 27.4 Å². The Morgan fingerprint density at radius 1 is 1.26 bits per heavy atom. The van der Waals surface area contributed by atoms with Crippen LogP contribution in [0.15, 0.2) is 64.5 Å². The van der Waals surface area contributed by atoms with Crippen LogP contribution in [-0.4, -0.2) is 54.1 Å². The zero-order valence-electron chi connectivity index (χ0n) is 17.2. The van der Waals surface area contributed by atoms with Gasteiger partial charge < -0.3 is 23.9 Å². The summed E-state index contributed by atoms with van der Waals surface area (Å²) in [5, 5.41) is 11.4. The van der Waals surface area contributed by atoms with Gasteiger partial charge in [0, 0.05) is 38.0 Å². The highest BCUT2D eigenvalue weighted by Gasteiger charge is 2.44. The third kappa shape index (κ3) is 3.66. The lowest BCUT2D eigenvalue weighted by Crippen LogP contribution is -2.32. The van der Waals surface area contributed by atoms with Crippen LogP contribution < -0.4 is 4.74 Å². The smallest absolute Gasteiger partial charge is 0.290 e. The monoisotopic (exact) mass is 422 g/mol. The maximum atomic E-state index is 13.5. The molecular formula is C23H22N2O6. The number of carbonyl (C=O) groups excluding carboxylic acids is 2. The van der Waals surface area contributed by atoms with Crippen molar-refractivity contribution in [3.05, 3.63) is 71.4 Å². The largest absolute Gasteiger partial charge is 0.503 e. The number of aliphatic hydroxyl groups excluding tert-OH is 1. The Hall–Kier alpha value is -3.65. The Kier molecular flexibility index (Phi) is 5.73. The summed E-state index contributed by atoms with van der Waals surface area (Å²) in [5.74, 6) is -1.25. The van der Waals surface area contributed by atoms with E-state index in [1.165, 1.54) is 12.0 Å². The van der Waals surface area contributed by atoms with E-state index in [0.29, 0.717) is 41.9 Å². The van der Waals surface area contributed by atoms with Gasteiger partial charge in [-0.2, -0.15) is 0 Å². The predicted octanol–water partition coefficient (Wildman–Crippen LogP) is 3.45. The summed E-state index contributed by atoms with van der Waals surface area (Å²) in [6.07, 6.45) is 3.73. The van der Waals surface area contributed by atoms with Gasteiger partial charge >= 0.3 is 0 Å². The second kappa shape index (κ2) is 8.61. The summed E-state index contributed by atoms with van der Waals surface area (Å²) in [7, 11) is 3.09. The molecule has 3 aromatic rings. The Bertz CT molecular complexity index is 1150. The van der Waals surface area contributed by atoms with Crippen LogP contribution in [0.2, 0.25) is 0 Å². The number of hydrogen-bond acceptors (Lipinski definition) is 7. The SMILES string of the molecule is COCCCN1C(=O)C(O)=C(C(=O)c2cc3cccc(OC)c3o2)[C@@H]1c1cccnc1. The minimum absolute atomic E-state index is 0.0153. The van der Waals surface area contributed by atoms with Crippen molar-refractivity contribution in [2.45, 2.75) is 12.5 Å². The molecule has 0 fully saturated rings. The van der Waals surface area contributed by atoms with Crippen LogP contribution in [0.3, 0.4) is 0 Å². The number of methoxy groups -OCH3 is 2. The fourth-order valence-electron chi connectivity index (χ4n) is 3.82. The van der Waals surface area contributed by atoms with Crippen LogP contribution in [-0.2, 0) is 9.53 Å². The van der Waals surface area contributed by atoms with Gasteiger partial charge in [0.2, 0.25) is 5.78 Å². The summed E-state index contributed by atoms with van der Waals surface area (Å²) < 4.78 is 16.2. The quantitative estimate of drug-likeness (QED) is 0.438. The van der Waals surface area contributed by atoms with Gasteiger partial charge in [-0.1, -0.05) is 18.2 Å². The molecule has 1 amide bonds. The molecular weight excluding hydrogens is 400 g/mol. The van der Waals surface area contributed by atoms with Crippen LogP contribution in [0.25, 0.3) is 11.0 Å². The van der Waals surface area contributed by atoms with Crippen LogP contribution in [0, 0.1) is 0 Å².